The van der Waals surface area contributed by atoms with Crippen LogP contribution in [0, 0.1) is 0 Å². The van der Waals surface area contributed by atoms with Crippen LogP contribution in [0.4, 0.5) is 5.69 Å². The van der Waals surface area contributed by atoms with Crippen LogP contribution in [-0.4, -0.2) is 13.0 Å². The summed E-state index contributed by atoms with van der Waals surface area (Å²) in [5, 5.41) is 0. The molecule has 25 heavy (non-hydrogen) atoms. The number of nitrogens with one attached hydrogen (secondary N) is 1. The molecular weight excluding hydrogens is 356 g/mol. The van der Waals surface area contributed by atoms with E-state index in [-0.39, 0.29) is 15.8 Å². The third kappa shape index (κ3) is 3.48. The zero-order chi connectivity index (χ0) is 18.2. The molecule has 3 rings (SSSR count). The van der Waals surface area contributed by atoms with Crippen molar-refractivity contribution in [1.29, 1.82) is 0 Å². The van der Waals surface area contributed by atoms with Gasteiger partial charge in [-0.3, -0.25) is 14.1 Å². The van der Waals surface area contributed by atoms with Crippen molar-refractivity contribution in [2.75, 3.05) is 4.72 Å². The molecule has 0 bridgehead atoms. The van der Waals surface area contributed by atoms with Crippen LogP contribution >= 0.6 is 11.3 Å². The van der Waals surface area contributed by atoms with Crippen molar-refractivity contribution >= 4 is 37.3 Å². The van der Waals surface area contributed by atoms with Gasteiger partial charge in [-0.1, -0.05) is 30.4 Å². The topological polar surface area (TPSA) is 68.2 Å². The first-order chi connectivity index (χ1) is 11.8. The number of aromatic nitrogens is 1. The van der Waals surface area contributed by atoms with Crippen molar-refractivity contribution in [3.63, 3.8) is 0 Å². The minimum absolute atomic E-state index is 0.0268. The molecule has 0 aliphatic rings. The Labute approximate surface area is 151 Å². The maximum Gasteiger partial charge on any atom is 0.308 e. The summed E-state index contributed by atoms with van der Waals surface area (Å²) in [7, 11) is -3.70. The highest BCUT2D eigenvalue weighted by molar-refractivity contribution is 7.92. The molecule has 0 saturated carbocycles. The van der Waals surface area contributed by atoms with Crippen molar-refractivity contribution < 1.29 is 8.42 Å². The maximum absolute atomic E-state index is 12.6. The van der Waals surface area contributed by atoms with Gasteiger partial charge in [0.2, 0.25) is 0 Å². The summed E-state index contributed by atoms with van der Waals surface area (Å²) < 4.78 is 30.2. The fourth-order valence-electron chi connectivity index (χ4n) is 2.70. The molecule has 1 N–H and O–H groups in total. The molecule has 132 valence electrons. The van der Waals surface area contributed by atoms with Gasteiger partial charge in [0.05, 0.1) is 15.1 Å². The van der Waals surface area contributed by atoms with E-state index in [1.807, 2.05) is 32.9 Å². The predicted octanol–water partition coefficient (Wildman–Crippen LogP) is 4.01. The molecule has 3 aromatic rings. The molecule has 0 radical (unpaired) electrons. The average Bonchev–Trinajstić information content (AvgIpc) is 2.90. The van der Waals surface area contributed by atoms with Gasteiger partial charge in [-0.15, -0.1) is 0 Å². The molecule has 0 amide bonds. The van der Waals surface area contributed by atoms with Gasteiger partial charge in [-0.25, -0.2) is 8.42 Å². The number of hydrogen-bond donors (Lipinski definition) is 1. The Bertz CT molecular complexity index is 1060. The zero-order valence-electron chi connectivity index (χ0n) is 14.3. The Hall–Kier alpha value is -2.12. The van der Waals surface area contributed by atoms with E-state index in [2.05, 4.69) is 4.72 Å². The van der Waals surface area contributed by atoms with Gasteiger partial charge in [0, 0.05) is 11.7 Å². The molecule has 5 nitrogen and oxygen atoms in total. The van der Waals surface area contributed by atoms with Crippen molar-refractivity contribution in [3.05, 3.63) is 57.7 Å². The van der Waals surface area contributed by atoms with Crippen LogP contribution in [0.2, 0.25) is 0 Å². The first kappa shape index (κ1) is 17.7. The molecule has 0 spiro atoms. The fourth-order valence-corrected chi connectivity index (χ4v) is 4.91. The number of fused-ring (bicyclic) bond motifs is 1. The lowest BCUT2D eigenvalue weighted by Gasteiger charge is -2.10. The van der Waals surface area contributed by atoms with E-state index in [4.69, 9.17) is 0 Å². The minimum Gasteiger partial charge on any atom is -0.296 e. The molecule has 2 aromatic carbocycles. The molecular formula is C18H20N2O3S2. The summed E-state index contributed by atoms with van der Waals surface area (Å²) in [6, 6.07) is 12.1. The molecule has 0 aliphatic heterocycles. The number of anilines is 1. The SMILES string of the molecule is CCc1ccc(NS(=O)(=O)c2ccc3c(c2)sc(=O)n3C(C)C)cc1. The predicted molar refractivity (Wildman–Crippen MR) is 103 cm³/mol. The number of nitrogens with zero attached hydrogens (tertiary/aromatic N) is 1. The fraction of sp³-hybridized carbons (Fsp3) is 0.278. The monoisotopic (exact) mass is 376 g/mol. The van der Waals surface area contributed by atoms with Crippen molar-refractivity contribution in [1.82, 2.24) is 4.57 Å². The number of thiazole rings is 1. The van der Waals surface area contributed by atoms with E-state index in [1.165, 1.54) is 6.07 Å². The minimum atomic E-state index is -3.70. The van der Waals surface area contributed by atoms with Gasteiger partial charge in [0.25, 0.3) is 10.0 Å². The normalized spacial score (nSPS) is 12.0. The highest BCUT2D eigenvalue weighted by Crippen LogP contribution is 2.25. The lowest BCUT2D eigenvalue weighted by Crippen LogP contribution is -2.15. The van der Waals surface area contributed by atoms with E-state index < -0.39 is 10.0 Å². The summed E-state index contributed by atoms with van der Waals surface area (Å²) in [6.07, 6.45) is 0.898. The van der Waals surface area contributed by atoms with Gasteiger partial charge < -0.3 is 0 Å². The van der Waals surface area contributed by atoms with Crippen LogP contribution in [0.15, 0.2) is 52.2 Å². The molecule has 1 heterocycles. The third-order valence-electron chi connectivity index (χ3n) is 4.03. The lowest BCUT2D eigenvalue weighted by atomic mass is 10.2. The van der Waals surface area contributed by atoms with Crippen molar-refractivity contribution in [2.45, 2.75) is 38.1 Å². The Morgan fingerprint density at radius 2 is 1.80 bits per heavy atom. The molecule has 0 aliphatic carbocycles. The maximum atomic E-state index is 12.6. The molecule has 7 heteroatoms. The van der Waals surface area contributed by atoms with E-state index in [9.17, 15) is 13.2 Å². The number of rotatable bonds is 5. The van der Waals surface area contributed by atoms with Crippen LogP contribution in [0.1, 0.15) is 32.4 Å². The van der Waals surface area contributed by atoms with Crippen molar-refractivity contribution in [2.24, 2.45) is 0 Å². The summed E-state index contributed by atoms with van der Waals surface area (Å²) in [4.78, 5) is 12.2. The van der Waals surface area contributed by atoms with Gasteiger partial charge in [-0.05, 0) is 56.2 Å². The Kier molecular flexibility index (Phi) is 4.71. The van der Waals surface area contributed by atoms with Gasteiger partial charge in [0.1, 0.15) is 0 Å². The molecule has 0 atom stereocenters. The first-order valence-corrected chi connectivity index (χ1v) is 10.4. The first-order valence-electron chi connectivity index (χ1n) is 8.08. The van der Waals surface area contributed by atoms with Gasteiger partial charge in [-0.2, -0.15) is 0 Å². The molecule has 0 unspecified atom stereocenters. The van der Waals surface area contributed by atoms with Crippen molar-refractivity contribution in [3.8, 4) is 0 Å². The Morgan fingerprint density at radius 1 is 1.12 bits per heavy atom. The average molecular weight is 377 g/mol. The summed E-state index contributed by atoms with van der Waals surface area (Å²) in [6.45, 7) is 5.91. The van der Waals surface area contributed by atoms with E-state index in [0.29, 0.717) is 10.4 Å². The highest BCUT2D eigenvalue weighted by Gasteiger charge is 2.17. The van der Waals surface area contributed by atoms with E-state index in [1.54, 1.807) is 28.8 Å². The molecule has 0 saturated heterocycles. The quantitative estimate of drug-likeness (QED) is 0.732. The van der Waals surface area contributed by atoms with Crippen LogP contribution in [0.3, 0.4) is 0 Å². The summed E-state index contributed by atoms with van der Waals surface area (Å²) in [5.74, 6) is 0. The van der Waals surface area contributed by atoms with E-state index >= 15 is 0 Å². The highest BCUT2D eigenvalue weighted by atomic mass is 32.2. The van der Waals surface area contributed by atoms with Gasteiger partial charge in [0.15, 0.2) is 0 Å². The second-order valence-electron chi connectivity index (χ2n) is 6.12. The van der Waals surface area contributed by atoms with Crippen LogP contribution in [0.5, 0.6) is 0 Å². The number of hydrogen-bond acceptors (Lipinski definition) is 4. The summed E-state index contributed by atoms with van der Waals surface area (Å²) >= 11 is 1.06. The second-order valence-corrected chi connectivity index (χ2v) is 8.79. The lowest BCUT2D eigenvalue weighted by molar-refractivity contribution is 0.601. The zero-order valence-corrected chi connectivity index (χ0v) is 15.9. The van der Waals surface area contributed by atoms with Crippen LogP contribution in [-0.2, 0) is 16.4 Å². The van der Waals surface area contributed by atoms with Crippen LogP contribution < -0.4 is 9.60 Å². The third-order valence-corrected chi connectivity index (χ3v) is 6.32. The molecule has 0 fully saturated rings. The smallest absolute Gasteiger partial charge is 0.296 e. The largest absolute Gasteiger partial charge is 0.308 e. The number of benzene rings is 2. The number of sulfonamides is 1. The Morgan fingerprint density at radius 3 is 2.40 bits per heavy atom. The Balaban J connectivity index is 1.98. The summed E-state index contributed by atoms with van der Waals surface area (Å²) in [5.41, 5.74) is 2.42. The second kappa shape index (κ2) is 6.65. The van der Waals surface area contributed by atoms with E-state index in [0.717, 1.165) is 28.8 Å². The number of aryl methyl sites for hydroxylation is 1. The van der Waals surface area contributed by atoms with Gasteiger partial charge >= 0.3 is 4.87 Å². The molecule has 1 aromatic heterocycles. The van der Waals surface area contributed by atoms with Crippen LogP contribution in [0.25, 0.3) is 10.2 Å². The standard InChI is InChI=1S/C18H20N2O3S2/c1-4-13-5-7-14(8-6-13)19-25(22,23)15-9-10-16-17(11-15)24-18(21)20(16)12(2)3/h5-12,19H,4H2,1-3H3.